The minimum atomic E-state index is -3.12. The molecule has 4 heteroatoms. The zero-order valence-electron chi connectivity index (χ0n) is 9.16. The Bertz CT molecular complexity index is 568. The summed E-state index contributed by atoms with van der Waals surface area (Å²) in [5.41, 5.74) is 0. The van der Waals surface area contributed by atoms with E-state index in [0.29, 0.717) is 33.4 Å². The third-order valence-corrected chi connectivity index (χ3v) is 8.44. The molecule has 0 heterocycles. The Balaban J connectivity index is 1.78. The van der Waals surface area contributed by atoms with Crippen LogP contribution in [0.15, 0.2) is 35.2 Å². The molecule has 2 nitrogen and oxygen atoms in total. The Morgan fingerprint density at radius 3 is 2.24 bits per heavy atom. The SMILES string of the molecule is O=S(=O)(c1ccccc1)[C@H]1[C@@H]2C[C@H]3[C@@H]([C@@H]2Br)[C@@H]31. The number of sulfone groups is 1. The summed E-state index contributed by atoms with van der Waals surface area (Å²) in [5.74, 6) is 2.12. The molecule has 5 rings (SSSR count). The molecular formula is C13H13BrO2S. The molecule has 0 N–H and O–H groups in total. The smallest absolute Gasteiger partial charge is 0.181 e. The molecular weight excluding hydrogens is 300 g/mol. The number of alkyl halides is 1. The summed E-state index contributed by atoms with van der Waals surface area (Å²) >= 11 is 3.69. The molecule has 4 fully saturated rings. The molecule has 1 aromatic rings. The first-order valence-corrected chi connectivity index (χ1v) is 8.51. The Kier molecular flexibility index (Phi) is 1.96. The largest absolute Gasteiger partial charge is 0.223 e. The second-order valence-corrected chi connectivity index (χ2v) is 8.65. The van der Waals surface area contributed by atoms with Gasteiger partial charge in [-0.05, 0) is 42.2 Å². The standard InChI is InChI=1S/C13H13BrO2S/c14-12-9-6-8-10(12)11(8)13(9)17(15,16)7-4-2-1-3-5-7/h1-5,8-13H,6H2/t8-,9+,10+,11+,12+,13-/m0/s1. The van der Waals surface area contributed by atoms with Crippen molar-refractivity contribution >= 4 is 25.8 Å². The molecule has 0 spiro atoms. The topological polar surface area (TPSA) is 34.1 Å². The molecule has 4 aliphatic carbocycles. The first-order chi connectivity index (χ1) is 8.12. The predicted octanol–water partition coefficient (Wildman–Crippen LogP) is 2.49. The molecule has 4 bridgehead atoms. The summed E-state index contributed by atoms with van der Waals surface area (Å²) in [6.45, 7) is 0. The van der Waals surface area contributed by atoms with Crippen LogP contribution in [0.4, 0.5) is 0 Å². The third kappa shape index (κ3) is 1.18. The van der Waals surface area contributed by atoms with Gasteiger partial charge in [-0.15, -0.1) is 0 Å². The average molecular weight is 313 g/mol. The zero-order valence-corrected chi connectivity index (χ0v) is 11.6. The molecule has 90 valence electrons. The molecule has 0 aromatic heterocycles. The minimum Gasteiger partial charge on any atom is -0.223 e. The van der Waals surface area contributed by atoms with Gasteiger partial charge < -0.3 is 0 Å². The Morgan fingerprint density at radius 2 is 1.76 bits per heavy atom. The summed E-state index contributed by atoms with van der Waals surface area (Å²) in [4.78, 5) is 0.948. The second kappa shape index (κ2) is 3.15. The molecule has 0 amide bonds. The van der Waals surface area contributed by atoms with Crippen LogP contribution in [-0.2, 0) is 9.84 Å². The van der Waals surface area contributed by atoms with Crippen molar-refractivity contribution in [3.05, 3.63) is 30.3 Å². The highest BCUT2D eigenvalue weighted by Gasteiger charge is 2.75. The molecule has 4 saturated carbocycles. The van der Waals surface area contributed by atoms with E-state index in [1.54, 1.807) is 12.1 Å². The Labute approximate surface area is 109 Å². The van der Waals surface area contributed by atoms with Crippen molar-refractivity contribution in [1.82, 2.24) is 0 Å². The van der Waals surface area contributed by atoms with Crippen molar-refractivity contribution < 1.29 is 8.42 Å². The monoisotopic (exact) mass is 312 g/mol. The summed E-state index contributed by atoms with van der Waals surface area (Å²) in [6.07, 6.45) is 1.11. The summed E-state index contributed by atoms with van der Waals surface area (Å²) in [5, 5.41) is -0.121. The quantitative estimate of drug-likeness (QED) is 0.786. The van der Waals surface area contributed by atoms with Crippen LogP contribution in [0.2, 0.25) is 0 Å². The second-order valence-electron chi connectivity index (χ2n) is 5.49. The fourth-order valence-electron chi connectivity index (χ4n) is 4.19. The highest BCUT2D eigenvalue weighted by atomic mass is 79.9. The zero-order chi connectivity index (χ0) is 11.8. The van der Waals surface area contributed by atoms with E-state index in [2.05, 4.69) is 15.9 Å². The van der Waals surface area contributed by atoms with Gasteiger partial charge in [-0.1, -0.05) is 34.1 Å². The van der Waals surface area contributed by atoms with Gasteiger partial charge in [-0.3, -0.25) is 0 Å². The van der Waals surface area contributed by atoms with Gasteiger partial charge in [-0.2, -0.15) is 0 Å². The molecule has 0 unspecified atom stereocenters. The lowest BCUT2D eigenvalue weighted by Gasteiger charge is -2.17. The summed E-state index contributed by atoms with van der Waals surface area (Å²) in [7, 11) is -3.12. The maximum atomic E-state index is 12.6. The lowest BCUT2D eigenvalue weighted by atomic mass is 10.1. The van der Waals surface area contributed by atoms with E-state index in [9.17, 15) is 8.42 Å². The van der Waals surface area contributed by atoms with Gasteiger partial charge in [0.15, 0.2) is 9.84 Å². The van der Waals surface area contributed by atoms with Gasteiger partial charge >= 0.3 is 0 Å². The van der Waals surface area contributed by atoms with E-state index in [4.69, 9.17) is 0 Å². The number of hydrogen-bond donors (Lipinski definition) is 0. The highest BCUT2D eigenvalue weighted by molar-refractivity contribution is 9.09. The molecule has 0 aliphatic heterocycles. The number of rotatable bonds is 2. The van der Waals surface area contributed by atoms with Crippen LogP contribution in [0.5, 0.6) is 0 Å². The fraction of sp³-hybridized carbons (Fsp3) is 0.538. The van der Waals surface area contributed by atoms with Crippen molar-refractivity contribution in [1.29, 1.82) is 0 Å². The van der Waals surface area contributed by atoms with Crippen LogP contribution in [0.25, 0.3) is 0 Å². The van der Waals surface area contributed by atoms with Gasteiger partial charge in [0.1, 0.15) is 0 Å². The minimum absolute atomic E-state index is 0.121. The third-order valence-electron chi connectivity index (χ3n) is 4.84. The van der Waals surface area contributed by atoms with Crippen LogP contribution < -0.4 is 0 Å². The molecule has 6 atom stereocenters. The first kappa shape index (κ1) is 10.6. The van der Waals surface area contributed by atoms with Crippen molar-refractivity contribution in [2.45, 2.75) is 21.4 Å². The van der Waals surface area contributed by atoms with Crippen LogP contribution in [0.3, 0.4) is 0 Å². The predicted molar refractivity (Wildman–Crippen MR) is 68.7 cm³/mol. The maximum absolute atomic E-state index is 12.6. The van der Waals surface area contributed by atoms with E-state index in [0.717, 1.165) is 6.42 Å². The lowest BCUT2D eigenvalue weighted by molar-refractivity contribution is 0.547. The van der Waals surface area contributed by atoms with E-state index in [-0.39, 0.29) is 5.25 Å². The van der Waals surface area contributed by atoms with E-state index in [1.165, 1.54) is 0 Å². The normalized spacial score (nSPS) is 46.2. The van der Waals surface area contributed by atoms with Crippen molar-refractivity contribution in [3.8, 4) is 0 Å². The van der Waals surface area contributed by atoms with E-state index < -0.39 is 9.84 Å². The van der Waals surface area contributed by atoms with Gasteiger partial charge in [0, 0.05) is 4.83 Å². The number of benzene rings is 1. The van der Waals surface area contributed by atoms with E-state index >= 15 is 0 Å². The van der Waals surface area contributed by atoms with Crippen LogP contribution >= 0.6 is 15.9 Å². The van der Waals surface area contributed by atoms with Gasteiger partial charge in [0.2, 0.25) is 0 Å². The number of hydrogen-bond acceptors (Lipinski definition) is 2. The highest BCUT2D eigenvalue weighted by Crippen LogP contribution is 2.74. The summed E-state index contributed by atoms with van der Waals surface area (Å²) in [6, 6.07) is 8.93. The molecule has 4 aliphatic rings. The Hall–Kier alpha value is -0.350. The fourth-order valence-corrected chi connectivity index (χ4v) is 8.07. The molecule has 0 radical (unpaired) electrons. The van der Waals surface area contributed by atoms with Crippen molar-refractivity contribution in [2.75, 3.05) is 0 Å². The molecule has 1 aromatic carbocycles. The van der Waals surface area contributed by atoms with Gasteiger partial charge in [0.25, 0.3) is 0 Å². The first-order valence-electron chi connectivity index (χ1n) is 6.05. The van der Waals surface area contributed by atoms with Crippen LogP contribution in [0, 0.1) is 23.7 Å². The van der Waals surface area contributed by atoms with Crippen LogP contribution in [-0.4, -0.2) is 18.5 Å². The Morgan fingerprint density at radius 1 is 1.06 bits per heavy atom. The van der Waals surface area contributed by atoms with E-state index in [1.807, 2.05) is 18.2 Å². The molecule has 17 heavy (non-hydrogen) atoms. The molecule has 0 saturated heterocycles. The van der Waals surface area contributed by atoms with Crippen molar-refractivity contribution in [3.63, 3.8) is 0 Å². The summed E-state index contributed by atoms with van der Waals surface area (Å²) < 4.78 is 25.3. The lowest BCUT2D eigenvalue weighted by Crippen LogP contribution is -2.27. The van der Waals surface area contributed by atoms with Gasteiger partial charge in [0.05, 0.1) is 10.1 Å². The van der Waals surface area contributed by atoms with Crippen molar-refractivity contribution in [2.24, 2.45) is 23.7 Å². The average Bonchev–Trinajstić information content (AvgIpc) is 2.64. The van der Waals surface area contributed by atoms with Gasteiger partial charge in [-0.25, -0.2) is 8.42 Å². The maximum Gasteiger partial charge on any atom is 0.181 e. The number of halogens is 1. The van der Waals surface area contributed by atoms with Crippen LogP contribution in [0.1, 0.15) is 6.42 Å².